The lowest BCUT2D eigenvalue weighted by molar-refractivity contribution is 0.161. The molecule has 3 heteroatoms. The zero-order valence-corrected chi connectivity index (χ0v) is 20.3. The fraction of sp³-hybridized carbons (Fsp3) is 0.481. The van der Waals surface area contributed by atoms with Crippen molar-refractivity contribution < 1.29 is 9.53 Å². The standard InChI is InChI=1S/C27H40O2Si/c1-6-16-24(28)18-11-7-10-17-23(2)29-30(27(3,4)5,25-19-12-8-13-20-25)26-21-14-9-15-22-26/h6,8-9,12-15,19-24,28H,1,7,10-11,16-18H2,2-5H3/t23-,24+/m0/s1. The summed E-state index contributed by atoms with van der Waals surface area (Å²) < 4.78 is 7.12. The number of unbranched alkanes of at least 4 members (excludes halogenated alkanes) is 2. The summed E-state index contributed by atoms with van der Waals surface area (Å²) in [4.78, 5) is 0. The van der Waals surface area contributed by atoms with Crippen molar-refractivity contribution in [3.63, 3.8) is 0 Å². The summed E-state index contributed by atoms with van der Waals surface area (Å²) >= 11 is 0. The maximum Gasteiger partial charge on any atom is 0.261 e. The topological polar surface area (TPSA) is 29.5 Å². The predicted octanol–water partition coefficient (Wildman–Crippen LogP) is 5.84. The van der Waals surface area contributed by atoms with Gasteiger partial charge in [0.1, 0.15) is 0 Å². The van der Waals surface area contributed by atoms with E-state index in [1.807, 2.05) is 0 Å². The molecule has 0 unspecified atom stereocenters. The lowest BCUT2D eigenvalue weighted by Gasteiger charge is -2.44. The molecule has 0 radical (unpaired) electrons. The Morgan fingerprint density at radius 3 is 1.87 bits per heavy atom. The lowest BCUT2D eigenvalue weighted by atomic mass is 10.1. The van der Waals surface area contributed by atoms with E-state index in [0.717, 1.165) is 32.1 Å². The third-order valence-corrected chi connectivity index (χ3v) is 11.0. The molecule has 0 aliphatic rings. The minimum absolute atomic E-state index is 0.0127. The third-order valence-electron chi connectivity index (χ3n) is 5.88. The second-order valence-corrected chi connectivity index (χ2v) is 13.7. The van der Waals surface area contributed by atoms with Crippen molar-refractivity contribution in [3.8, 4) is 0 Å². The molecule has 0 aliphatic heterocycles. The summed E-state index contributed by atoms with van der Waals surface area (Å²) in [5, 5.41) is 12.5. The number of aliphatic hydroxyl groups excluding tert-OH is 1. The van der Waals surface area contributed by atoms with Gasteiger partial charge in [-0.3, -0.25) is 0 Å². The lowest BCUT2D eigenvalue weighted by Crippen LogP contribution is -2.67. The minimum atomic E-state index is -2.46. The maximum atomic E-state index is 9.86. The van der Waals surface area contributed by atoms with Crippen LogP contribution in [-0.2, 0) is 4.43 Å². The van der Waals surface area contributed by atoms with Crippen LogP contribution < -0.4 is 10.4 Å². The Balaban J connectivity index is 2.15. The quantitative estimate of drug-likeness (QED) is 0.263. The van der Waals surface area contributed by atoms with Gasteiger partial charge in [0.05, 0.1) is 6.10 Å². The Kier molecular flexibility index (Phi) is 9.54. The average Bonchev–Trinajstić information content (AvgIpc) is 2.72. The molecule has 2 aromatic carbocycles. The van der Waals surface area contributed by atoms with Gasteiger partial charge in [0, 0.05) is 6.10 Å². The van der Waals surface area contributed by atoms with Crippen LogP contribution in [0, 0.1) is 0 Å². The SMILES string of the molecule is C=CC[C@@H](O)CCCCC[C@H](C)O[Si](c1ccccc1)(c1ccccc1)C(C)(C)C. The highest BCUT2D eigenvalue weighted by atomic mass is 28.4. The van der Waals surface area contributed by atoms with Crippen molar-refractivity contribution in [2.24, 2.45) is 0 Å². The number of rotatable bonds is 12. The molecule has 2 aromatic rings. The van der Waals surface area contributed by atoms with Gasteiger partial charge in [-0.15, -0.1) is 6.58 Å². The van der Waals surface area contributed by atoms with E-state index in [9.17, 15) is 5.11 Å². The van der Waals surface area contributed by atoms with E-state index in [4.69, 9.17) is 4.43 Å². The first-order valence-corrected chi connectivity index (χ1v) is 13.3. The molecule has 0 saturated carbocycles. The predicted molar refractivity (Wildman–Crippen MR) is 132 cm³/mol. The summed E-state index contributed by atoms with van der Waals surface area (Å²) in [7, 11) is -2.46. The molecule has 0 heterocycles. The fourth-order valence-corrected chi connectivity index (χ4v) is 9.09. The van der Waals surface area contributed by atoms with Crippen LogP contribution >= 0.6 is 0 Å². The summed E-state index contributed by atoms with van der Waals surface area (Å²) in [6.07, 6.45) is 7.64. The first-order chi connectivity index (χ1) is 14.3. The Bertz CT molecular complexity index is 697. The van der Waals surface area contributed by atoms with E-state index in [-0.39, 0.29) is 17.2 Å². The van der Waals surface area contributed by atoms with Crippen molar-refractivity contribution in [3.05, 3.63) is 73.3 Å². The summed E-state index contributed by atoms with van der Waals surface area (Å²) in [5.74, 6) is 0. The molecule has 1 N–H and O–H groups in total. The van der Waals surface area contributed by atoms with Crippen LogP contribution in [0.5, 0.6) is 0 Å². The van der Waals surface area contributed by atoms with Crippen LogP contribution in [0.4, 0.5) is 0 Å². The van der Waals surface area contributed by atoms with Crippen LogP contribution in [0.1, 0.15) is 66.2 Å². The summed E-state index contributed by atoms with van der Waals surface area (Å²) in [5.41, 5.74) is 0. The van der Waals surface area contributed by atoms with Gasteiger partial charge in [0.25, 0.3) is 8.32 Å². The molecule has 0 spiro atoms. The van der Waals surface area contributed by atoms with E-state index in [1.54, 1.807) is 6.08 Å². The Labute approximate surface area is 185 Å². The molecule has 164 valence electrons. The number of aliphatic hydroxyl groups is 1. The number of hydrogen-bond donors (Lipinski definition) is 1. The third kappa shape index (κ3) is 6.41. The second-order valence-electron chi connectivity index (χ2n) is 9.41. The van der Waals surface area contributed by atoms with Crippen LogP contribution in [0.25, 0.3) is 0 Å². The molecular weight excluding hydrogens is 384 g/mol. The Hall–Kier alpha value is -1.68. The maximum absolute atomic E-state index is 9.86. The van der Waals surface area contributed by atoms with Gasteiger partial charge in [-0.2, -0.15) is 0 Å². The van der Waals surface area contributed by atoms with E-state index in [2.05, 4.69) is 94.9 Å². The molecule has 30 heavy (non-hydrogen) atoms. The van der Waals surface area contributed by atoms with Crippen LogP contribution in [0.15, 0.2) is 73.3 Å². The zero-order chi connectivity index (χ0) is 22.0. The smallest absolute Gasteiger partial charge is 0.261 e. The number of benzene rings is 2. The second kappa shape index (κ2) is 11.6. The van der Waals surface area contributed by atoms with Gasteiger partial charge in [0.2, 0.25) is 0 Å². The van der Waals surface area contributed by atoms with Crippen molar-refractivity contribution in [1.82, 2.24) is 0 Å². The van der Waals surface area contributed by atoms with E-state index in [1.165, 1.54) is 10.4 Å². The average molecular weight is 425 g/mol. The monoisotopic (exact) mass is 424 g/mol. The van der Waals surface area contributed by atoms with Crippen molar-refractivity contribution in [1.29, 1.82) is 0 Å². The van der Waals surface area contributed by atoms with Gasteiger partial charge in [-0.25, -0.2) is 0 Å². The van der Waals surface area contributed by atoms with Gasteiger partial charge in [-0.05, 0) is 41.6 Å². The van der Waals surface area contributed by atoms with E-state index < -0.39 is 8.32 Å². The Morgan fingerprint density at radius 2 is 1.40 bits per heavy atom. The molecule has 0 saturated heterocycles. The van der Waals surface area contributed by atoms with Gasteiger partial charge in [-0.1, -0.05) is 107 Å². The molecule has 2 rings (SSSR count). The highest BCUT2D eigenvalue weighted by Gasteiger charge is 2.50. The van der Waals surface area contributed by atoms with Gasteiger partial charge >= 0.3 is 0 Å². The molecule has 0 aromatic heterocycles. The normalized spacial score (nSPS) is 14.3. The number of hydrogen-bond acceptors (Lipinski definition) is 2. The molecule has 2 atom stereocenters. The van der Waals surface area contributed by atoms with Gasteiger partial charge in [0.15, 0.2) is 0 Å². The first-order valence-electron chi connectivity index (χ1n) is 11.4. The largest absolute Gasteiger partial charge is 0.405 e. The van der Waals surface area contributed by atoms with Crippen molar-refractivity contribution in [2.75, 3.05) is 0 Å². The van der Waals surface area contributed by atoms with Gasteiger partial charge < -0.3 is 9.53 Å². The first kappa shape index (κ1) is 24.6. The highest BCUT2D eigenvalue weighted by molar-refractivity contribution is 6.99. The fourth-order valence-electron chi connectivity index (χ4n) is 4.35. The molecule has 0 bridgehead atoms. The zero-order valence-electron chi connectivity index (χ0n) is 19.3. The molecule has 0 amide bonds. The van der Waals surface area contributed by atoms with E-state index >= 15 is 0 Å². The summed E-state index contributed by atoms with van der Waals surface area (Å²) in [6.45, 7) is 12.9. The minimum Gasteiger partial charge on any atom is -0.405 e. The molecular formula is C27H40O2Si. The van der Waals surface area contributed by atoms with Crippen molar-refractivity contribution in [2.45, 2.75) is 83.5 Å². The molecule has 0 fully saturated rings. The molecule has 0 aliphatic carbocycles. The van der Waals surface area contributed by atoms with Crippen LogP contribution in [0.2, 0.25) is 5.04 Å². The highest BCUT2D eigenvalue weighted by Crippen LogP contribution is 2.37. The van der Waals surface area contributed by atoms with Crippen LogP contribution in [0.3, 0.4) is 0 Å². The Morgan fingerprint density at radius 1 is 0.900 bits per heavy atom. The molecule has 2 nitrogen and oxygen atoms in total. The van der Waals surface area contributed by atoms with E-state index in [0.29, 0.717) is 6.42 Å². The summed E-state index contributed by atoms with van der Waals surface area (Å²) in [6, 6.07) is 21.7. The van der Waals surface area contributed by atoms with Crippen LogP contribution in [-0.4, -0.2) is 25.6 Å². The van der Waals surface area contributed by atoms with Crippen molar-refractivity contribution >= 4 is 18.7 Å².